The Morgan fingerprint density at radius 2 is 1.71 bits per heavy atom. The molecular formula is C20H23ClN4O2S. The maximum Gasteiger partial charge on any atom is 0.243 e. The number of aryl methyl sites for hydroxylation is 2. The number of piperazine rings is 1. The van der Waals surface area contributed by atoms with Gasteiger partial charge >= 0.3 is 0 Å². The molecule has 0 N–H and O–H groups in total. The van der Waals surface area contributed by atoms with Gasteiger partial charge in [-0.25, -0.2) is 8.42 Å². The fraction of sp³-hybridized carbons (Fsp3) is 0.350. The summed E-state index contributed by atoms with van der Waals surface area (Å²) in [4.78, 5) is 2.58. The van der Waals surface area contributed by atoms with Gasteiger partial charge in [-0.3, -0.25) is 9.58 Å². The van der Waals surface area contributed by atoms with Gasteiger partial charge in [0, 0.05) is 45.3 Å². The summed E-state index contributed by atoms with van der Waals surface area (Å²) in [6, 6.07) is 13.1. The monoisotopic (exact) mass is 418 g/mol. The third-order valence-corrected chi connectivity index (χ3v) is 7.71. The van der Waals surface area contributed by atoms with Crippen molar-refractivity contribution in [3.8, 4) is 0 Å². The molecule has 0 aliphatic carbocycles. The van der Waals surface area contributed by atoms with Crippen LogP contribution in [-0.4, -0.2) is 53.6 Å². The molecule has 0 atom stereocenters. The maximum absolute atomic E-state index is 13.1. The largest absolute Gasteiger partial charge is 0.296 e. The standard InChI is InChI=1S/C20H23ClN4O2S/c1-15-19(20(21)23(2)22-15)14-24-9-11-25(12-10-24)28(26,27)18-8-7-16-5-3-4-6-17(16)13-18/h3-8,13H,9-12,14H2,1-2H3. The minimum atomic E-state index is -3.50. The molecule has 2 aromatic carbocycles. The van der Waals surface area contributed by atoms with E-state index in [1.807, 2.05) is 44.3 Å². The lowest BCUT2D eigenvalue weighted by Crippen LogP contribution is -2.48. The SMILES string of the molecule is Cc1nn(C)c(Cl)c1CN1CCN(S(=O)(=O)c2ccc3ccccc3c2)CC1. The van der Waals surface area contributed by atoms with Crippen LogP contribution in [0.5, 0.6) is 0 Å². The zero-order valence-corrected chi connectivity index (χ0v) is 17.5. The second-order valence-electron chi connectivity index (χ2n) is 7.17. The quantitative estimate of drug-likeness (QED) is 0.653. The van der Waals surface area contributed by atoms with Gasteiger partial charge in [0.25, 0.3) is 0 Å². The van der Waals surface area contributed by atoms with Gasteiger partial charge in [-0.05, 0) is 29.8 Å². The van der Waals surface area contributed by atoms with E-state index >= 15 is 0 Å². The van der Waals surface area contributed by atoms with Crippen molar-refractivity contribution >= 4 is 32.4 Å². The summed E-state index contributed by atoms with van der Waals surface area (Å²) in [6.45, 7) is 4.89. The zero-order valence-electron chi connectivity index (χ0n) is 16.0. The molecule has 1 saturated heterocycles. The van der Waals surface area contributed by atoms with Crippen LogP contribution in [-0.2, 0) is 23.6 Å². The molecule has 1 aliphatic rings. The van der Waals surface area contributed by atoms with E-state index in [4.69, 9.17) is 11.6 Å². The highest BCUT2D eigenvalue weighted by atomic mass is 35.5. The van der Waals surface area contributed by atoms with E-state index in [1.54, 1.807) is 21.1 Å². The van der Waals surface area contributed by atoms with Crippen molar-refractivity contribution in [2.75, 3.05) is 26.2 Å². The van der Waals surface area contributed by atoms with Gasteiger partial charge in [-0.1, -0.05) is 41.9 Å². The average molecular weight is 419 g/mol. The molecule has 4 rings (SSSR count). The lowest BCUT2D eigenvalue weighted by Gasteiger charge is -2.34. The third kappa shape index (κ3) is 3.55. The van der Waals surface area contributed by atoms with Gasteiger partial charge in [0.05, 0.1) is 10.6 Å². The summed E-state index contributed by atoms with van der Waals surface area (Å²) in [5.41, 5.74) is 1.92. The fourth-order valence-electron chi connectivity index (χ4n) is 3.68. The van der Waals surface area contributed by atoms with Crippen molar-refractivity contribution in [2.24, 2.45) is 7.05 Å². The minimum absolute atomic E-state index is 0.353. The number of halogens is 1. The van der Waals surface area contributed by atoms with E-state index in [-0.39, 0.29) is 0 Å². The van der Waals surface area contributed by atoms with Gasteiger partial charge in [0.2, 0.25) is 10.0 Å². The van der Waals surface area contributed by atoms with Gasteiger partial charge in [-0.15, -0.1) is 0 Å². The molecule has 2 heterocycles. The van der Waals surface area contributed by atoms with E-state index < -0.39 is 10.0 Å². The highest BCUT2D eigenvalue weighted by molar-refractivity contribution is 7.89. The normalized spacial score (nSPS) is 16.7. The van der Waals surface area contributed by atoms with Crippen LogP contribution in [0.3, 0.4) is 0 Å². The second kappa shape index (κ2) is 7.48. The molecule has 0 bridgehead atoms. The van der Waals surface area contributed by atoms with Crippen molar-refractivity contribution in [1.82, 2.24) is 19.0 Å². The molecule has 3 aromatic rings. The number of rotatable bonds is 4. The summed E-state index contributed by atoms with van der Waals surface area (Å²) in [7, 11) is -1.67. The molecule has 148 valence electrons. The van der Waals surface area contributed by atoms with E-state index in [0.29, 0.717) is 42.8 Å². The first kappa shape index (κ1) is 19.4. The Morgan fingerprint density at radius 1 is 1.04 bits per heavy atom. The first-order valence-electron chi connectivity index (χ1n) is 9.25. The Kier molecular flexibility index (Phi) is 5.18. The molecule has 0 spiro atoms. The van der Waals surface area contributed by atoms with Crippen LogP contribution in [0.25, 0.3) is 10.8 Å². The van der Waals surface area contributed by atoms with Gasteiger partial charge < -0.3 is 0 Å². The van der Waals surface area contributed by atoms with Crippen LogP contribution >= 0.6 is 11.6 Å². The Balaban J connectivity index is 1.47. The molecule has 1 aliphatic heterocycles. The zero-order chi connectivity index (χ0) is 19.9. The lowest BCUT2D eigenvalue weighted by molar-refractivity contribution is 0.181. The van der Waals surface area contributed by atoms with Crippen LogP contribution in [0.15, 0.2) is 47.4 Å². The Hall–Kier alpha value is -1.93. The molecule has 0 saturated carbocycles. The Labute approximate surface area is 170 Å². The summed E-state index contributed by atoms with van der Waals surface area (Å²) in [5, 5.41) is 6.96. The smallest absolute Gasteiger partial charge is 0.243 e. The molecule has 0 amide bonds. The van der Waals surface area contributed by atoms with Crippen molar-refractivity contribution in [3.05, 3.63) is 58.9 Å². The molecule has 0 radical (unpaired) electrons. The van der Waals surface area contributed by atoms with Crippen LogP contribution in [0.2, 0.25) is 5.15 Å². The molecule has 1 fully saturated rings. The summed E-state index contributed by atoms with van der Waals surface area (Å²) >= 11 is 6.33. The second-order valence-corrected chi connectivity index (χ2v) is 9.46. The van der Waals surface area contributed by atoms with E-state index in [1.165, 1.54) is 0 Å². The van der Waals surface area contributed by atoms with Gasteiger partial charge in [-0.2, -0.15) is 9.40 Å². The molecule has 28 heavy (non-hydrogen) atoms. The first-order valence-corrected chi connectivity index (χ1v) is 11.1. The van der Waals surface area contributed by atoms with Gasteiger partial charge in [0.1, 0.15) is 5.15 Å². The van der Waals surface area contributed by atoms with E-state index in [0.717, 1.165) is 22.0 Å². The molecule has 0 unspecified atom stereocenters. The van der Waals surface area contributed by atoms with Crippen LogP contribution in [0, 0.1) is 6.92 Å². The predicted molar refractivity (Wildman–Crippen MR) is 111 cm³/mol. The predicted octanol–water partition coefficient (Wildman–Crippen LogP) is 3.04. The van der Waals surface area contributed by atoms with Crippen molar-refractivity contribution in [3.63, 3.8) is 0 Å². The third-order valence-electron chi connectivity index (χ3n) is 5.34. The van der Waals surface area contributed by atoms with E-state index in [2.05, 4.69) is 10.00 Å². The van der Waals surface area contributed by atoms with Crippen LogP contribution < -0.4 is 0 Å². The number of hydrogen-bond acceptors (Lipinski definition) is 4. The number of benzene rings is 2. The van der Waals surface area contributed by atoms with E-state index in [9.17, 15) is 8.42 Å². The highest BCUT2D eigenvalue weighted by Gasteiger charge is 2.29. The van der Waals surface area contributed by atoms with Crippen molar-refractivity contribution < 1.29 is 8.42 Å². The average Bonchev–Trinajstić information content (AvgIpc) is 2.94. The molecule has 1 aromatic heterocycles. The number of hydrogen-bond donors (Lipinski definition) is 0. The molecular weight excluding hydrogens is 396 g/mol. The molecule has 8 heteroatoms. The van der Waals surface area contributed by atoms with Crippen LogP contribution in [0.1, 0.15) is 11.3 Å². The number of sulfonamides is 1. The Bertz CT molecular complexity index is 1120. The Morgan fingerprint density at radius 3 is 2.36 bits per heavy atom. The fourth-order valence-corrected chi connectivity index (χ4v) is 5.37. The summed E-state index contributed by atoms with van der Waals surface area (Å²) in [6.07, 6.45) is 0. The minimum Gasteiger partial charge on any atom is -0.296 e. The van der Waals surface area contributed by atoms with Gasteiger partial charge in [0.15, 0.2) is 0 Å². The van der Waals surface area contributed by atoms with Crippen molar-refractivity contribution in [1.29, 1.82) is 0 Å². The van der Waals surface area contributed by atoms with Crippen molar-refractivity contribution in [2.45, 2.75) is 18.4 Å². The lowest BCUT2D eigenvalue weighted by atomic mass is 10.1. The number of nitrogens with zero attached hydrogens (tertiary/aromatic N) is 4. The highest BCUT2D eigenvalue weighted by Crippen LogP contribution is 2.24. The topological polar surface area (TPSA) is 58.4 Å². The van der Waals surface area contributed by atoms with Crippen LogP contribution in [0.4, 0.5) is 0 Å². The number of aromatic nitrogens is 2. The first-order chi connectivity index (χ1) is 13.4. The molecule has 6 nitrogen and oxygen atoms in total. The summed E-state index contributed by atoms with van der Waals surface area (Å²) < 4.78 is 29.4. The summed E-state index contributed by atoms with van der Waals surface area (Å²) in [5.74, 6) is 0. The number of fused-ring (bicyclic) bond motifs is 1. The maximum atomic E-state index is 13.1.